The maximum Gasteiger partial charge on any atom is 0.258 e. The average Bonchev–Trinajstić information content (AvgIpc) is 2.80. The maximum atomic E-state index is 12.5. The zero-order chi connectivity index (χ0) is 14.9. The van der Waals surface area contributed by atoms with Gasteiger partial charge >= 0.3 is 0 Å². The number of nitrogens with zero attached hydrogens (tertiary/aromatic N) is 2. The Morgan fingerprint density at radius 2 is 1.85 bits per heavy atom. The van der Waals surface area contributed by atoms with Crippen LogP contribution in [0.25, 0.3) is 0 Å². The van der Waals surface area contributed by atoms with E-state index in [4.69, 9.17) is 0 Å². The van der Waals surface area contributed by atoms with E-state index in [9.17, 15) is 8.42 Å². The molecule has 0 unspecified atom stereocenters. The third-order valence-electron chi connectivity index (χ3n) is 3.48. The first-order valence-electron chi connectivity index (χ1n) is 6.84. The van der Waals surface area contributed by atoms with Crippen LogP contribution in [-0.2, 0) is 16.6 Å². The van der Waals surface area contributed by atoms with E-state index in [0.717, 1.165) is 5.69 Å². The van der Waals surface area contributed by atoms with Gasteiger partial charge in [-0.3, -0.25) is 9.98 Å². The molecule has 2 rings (SSSR count). The Kier molecular flexibility index (Phi) is 4.25. The van der Waals surface area contributed by atoms with E-state index in [-0.39, 0.29) is 22.9 Å². The van der Waals surface area contributed by atoms with Gasteiger partial charge in [0.25, 0.3) is 10.0 Å². The summed E-state index contributed by atoms with van der Waals surface area (Å²) in [4.78, 5) is 8.32. The largest absolute Gasteiger partial charge is 0.265 e. The van der Waals surface area contributed by atoms with Crippen LogP contribution in [0.5, 0.6) is 0 Å². The van der Waals surface area contributed by atoms with Crippen LogP contribution < -0.4 is 4.72 Å². The van der Waals surface area contributed by atoms with Gasteiger partial charge in [0.15, 0.2) is 5.04 Å². The van der Waals surface area contributed by atoms with Gasteiger partial charge in [0.1, 0.15) is 0 Å². The highest BCUT2D eigenvalue weighted by Gasteiger charge is 2.32. The molecule has 20 heavy (non-hydrogen) atoms. The second-order valence-corrected chi connectivity index (χ2v) is 7.38. The minimum atomic E-state index is -3.60. The normalized spacial score (nSPS) is 15.1. The molecule has 0 bridgehead atoms. The first kappa shape index (κ1) is 15.1. The van der Waals surface area contributed by atoms with Crippen molar-refractivity contribution in [2.45, 2.75) is 40.3 Å². The molecule has 0 atom stereocenters. The number of aliphatic imine (C=N–C) groups is 1. The van der Waals surface area contributed by atoms with Crippen LogP contribution in [0, 0.1) is 11.8 Å². The van der Waals surface area contributed by atoms with Crippen molar-refractivity contribution >= 4 is 15.1 Å². The molecule has 6 heteroatoms. The SMILES string of the molecule is CC(C)C(NS(=O)(=O)C1=NCc2ncccc21)C(C)C. The molecule has 1 N–H and O–H groups in total. The molecule has 0 aliphatic carbocycles. The smallest absolute Gasteiger partial charge is 0.258 e. The van der Waals surface area contributed by atoms with Gasteiger partial charge in [-0.1, -0.05) is 27.7 Å². The van der Waals surface area contributed by atoms with Crippen LogP contribution in [-0.4, -0.2) is 24.5 Å². The van der Waals surface area contributed by atoms with E-state index >= 15 is 0 Å². The fourth-order valence-corrected chi connectivity index (χ4v) is 4.22. The van der Waals surface area contributed by atoms with E-state index in [0.29, 0.717) is 12.1 Å². The number of aromatic nitrogens is 1. The number of fused-ring (bicyclic) bond motifs is 1. The number of rotatable bonds is 4. The molecule has 0 saturated carbocycles. The van der Waals surface area contributed by atoms with E-state index < -0.39 is 10.0 Å². The first-order valence-corrected chi connectivity index (χ1v) is 8.32. The molecule has 2 heterocycles. The molecule has 0 spiro atoms. The van der Waals surface area contributed by atoms with Crippen LogP contribution in [0.1, 0.15) is 39.0 Å². The molecule has 0 radical (unpaired) electrons. The number of pyridine rings is 1. The van der Waals surface area contributed by atoms with Crippen LogP contribution in [0.15, 0.2) is 23.3 Å². The molecule has 0 fully saturated rings. The summed E-state index contributed by atoms with van der Waals surface area (Å²) >= 11 is 0. The van der Waals surface area contributed by atoms with Crippen molar-refractivity contribution in [3.05, 3.63) is 29.6 Å². The molecule has 5 nitrogen and oxygen atoms in total. The fraction of sp³-hybridized carbons (Fsp3) is 0.571. The number of sulfonamides is 1. The summed E-state index contributed by atoms with van der Waals surface area (Å²) in [5.41, 5.74) is 1.34. The zero-order valence-electron chi connectivity index (χ0n) is 12.3. The van der Waals surface area contributed by atoms with Crippen molar-refractivity contribution in [2.24, 2.45) is 16.8 Å². The monoisotopic (exact) mass is 295 g/mol. The minimum Gasteiger partial charge on any atom is -0.265 e. The second-order valence-electron chi connectivity index (χ2n) is 5.75. The highest BCUT2D eigenvalue weighted by molar-refractivity contribution is 8.05. The van der Waals surface area contributed by atoms with E-state index in [2.05, 4.69) is 14.7 Å². The summed E-state index contributed by atoms with van der Waals surface area (Å²) < 4.78 is 27.9. The summed E-state index contributed by atoms with van der Waals surface area (Å²) in [6, 6.07) is 3.38. The van der Waals surface area contributed by atoms with Gasteiger partial charge < -0.3 is 0 Å². The maximum absolute atomic E-state index is 12.5. The summed E-state index contributed by atoms with van der Waals surface area (Å²) in [5, 5.41) is 0.118. The molecule has 1 aliphatic heterocycles. The minimum absolute atomic E-state index is 0.108. The Bertz CT molecular complexity index is 613. The highest BCUT2D eigenvalue weighted by atomic mass is 32.2. The molecular formula is C14H21N3O2S. The fourth-order valence-electron chi connectivity index (χ4n) is 2.50. The van der Waals surface area contributed by atoms with Crippen molar-refractivity contribution in [3.8, 4) is 0 Å². The number of hydrogen-bond acceptors (Lipinski definition) is 4. The van der Waals surface area contributed by atoms with Crippen molar-refractivity contribution in [3.63, 3.8) is 0 Å². The molecule has 1 aliphatic rings. The predicted octanol–water partition coefficient (Wildman–Crippen LogP) is 1.94. The van der Waals surface area contributed by atoms with Crippen LogP contribution in [0.3, 0.4) is 0 Å². The first-order chi connectivity index (χ1) is 9.33. The Morgan fingerprint density at radius 1 is 1.20 bits per heavy atom. The van der Waals surface area contributed by atoms with E-state index in [1.807, 2.05) is 27.7 Å². The highest BCUT2D eigenvalue weighted by Crippen LogP contribution is 2.21. The molecule has 1 aromatic rings. The van der Waals surface area contributed by atoms with Gasteiger partial charge in [0.05, 0.1) is 12.2 Å². The van der Waals surface area contributed by atoms with Crippen LogP contribution >= 0.6 is 0 Å². The summed E-state index contributed by atoms with van der Waals surface area (Å²) in [7, 11) is -3.60. The summed E-state index contributed by atoms with van der Waals surface area (Å²) in [5.74, 6) is 0.445. The Hall–Kier alpha value is -1.27. The quantitative estimate of drug-likeness (QED) is 0.922. The lowest BCUT2D eigenvalue weighted by Gasteiger charge is -2.25. The van der Waals surface area contributed by atoms with Gasteiger partial charge in [-0.05, 0) is 24.0 Å². The zero-order valence-corrected chi connectivity index (χ0v) is 13.1. The molecule has 0 saturated heterocycles. The lowest BCUT2D eigenvalue weighted by Crippen LogP contribution is -2.44. The van der Waals surface area contributed by atoms with E-state index in [1.165, 1.54) is 0 Å². The van der Waals surface area contributed by atoms with Crippen molar-refractivity contribution in [1.82, 2.24) is 9.71 Å². The summed E-state index contributed by atoms with van der Waals surface area (Å²) in [6.07, 6.45) is 1.66. The van der Waals surface area contributed by atoms with Gasteiger partial charge in [0, 0.05) is 17.8 Å². The molecule has 110 valence electrons. The van der Waals surface area contributed by atoms with Crippen molar-refractivity contribution in [2.75, 3.05) is 0 Å². The Labute approximate surface area is 120 Å². The molecular weight excluding hydrogens is 274 g/mol. The second kappa shape index (κ2) is 5.61. The summed E-state index contributed by atoms with van der Waals surface area (Å²) in [6.45, 7) is 8.39. The molecule has 0 amide bonds. The van der Waals surface area contributed by atoms with Gasteiger partial charge in [-0.25, -0.2) is 13.1 Å². The van der Waals surface area contributed by atoms with Gasteiger partial charge in [-0.2, -0.15) is 0 Å². The Morgan fingerprint density at radius 3 is 2.45 bits per heavy atom. The number of nitrogens with one attached hydrogen (secondary N) is 1. The Balaban J connectivity index is 2.29. The lowest BCUT2D eigenvalue weighted by molar-refractivity contribution is 0.357. The average molecular weight is 295 g/mol. The standard InChI is InChI=1S/C14H21N3O2S/c1-9(2)13(10(3)4)17-20(18,19)14-11-6-5-7-15-12(11)8-16-14/h5-7,9-10,13,17H,8H2,1-4H3. The van der Waals surface area contributed by atoms with Crippen molar-refractivity contribution < 1.29 is 8.42 Å². The molecule has 1 aromatic heterocycles. The topological polar surface area (TPSA) is 71.4 Å². The van der Waals surface area contributed by atoms with E-state index in [1.54, 1.807) is 18.3 Å². The van der Waals surface area contributed by atoms with Crippen LogP contribution in [0.2, 0.25) is 0 Å². The van der Waals surface area contributed by atoms with Crippen LogP contribution in [0.4, 0.5) is 0 Å². The third kappa shape index (κ3) is 2.91. The third-order valence-corrected chi connectivity index (χ3v) is 4.92. The predicted molar refractivity (Wildman–Crippen MR) is 80.0 cm³/mol. The molecule has 0 aromatic carbocycles. The lowest BCUT2D eigenvalue weighted by atomic mass is 9.94. The number of hydrogen-bond donors (Lipinski definition) is 1. The van der Waals surface area contributed by atoms with Crippen molar-refractivity contribution in [1.29, 1.82) is 0 Å². The van der Waals surface area contributed by atoms with Gasteiger partial charge in [0.2, 0.25) is 0 Å². The van der Waals surface area contributed by atoms with Gasteiger partial charge in [-0.15, -0.1) is 0 Å².